The van der Waals surface area contributed by atoms with Gasteiger partial charge in [-0.1, -0.05) is 60.1 Å². The summed E-state index contributed by atoms with van der Waals surface area (Å²) in [5.41, 5.74) is 1.45. The van der Waals surface area contributed by atoms with Gasteiger partial charge in [-0.2, -0.15) is 0 Å². The highest BCUT2D eigenvalue weighted by atomic mass is 35.5. The van der Waals surface area contributed by atoms with Gasteiger partial charge in [0, 0.05) is 24.6 Å². The molecule has 1 atom stereocenters. The molecule has 1 saturated heterocycles. The van der Waals surface area contributed by atoms with E-state index in [9.17, 15) is 9.59 Å². The largest absolute Gasteiger partial charge is 0.376 e. The molecule has 0 N–H and O–H groups in total. The monoisotopic (exact) mass is 482 g/mol. The van der Waals surface area contributed by atoms with Crippen LogP contribution in [-0.2, 0) is 22.6 Å². The molecule has 4 rings (SSSR count). The van der Waals surface area contributed by atoms with E-state index in [1.54, 1.807) is 40.5 Å². The lowest BCUT2D eigenvalue weighted by molar-refractivity contribution is -0.133. The molecule has 0 radical (unpaired) electrons. The molecule has 0 spiro atoms. The van der Waals surface area contributed by atoms with Crippen LogP contribution >= 0.6 is 22.9 Å². The van der Waals surface area contributed by atoms with Crippen LogP contribution in [0.1, 0.15) is 33.6 Å². The van der Waals surface area contributed by atoms with Crippen LogP contribution in [0.2, 0.25) is 5.02 Å². The second kappa shape index (κ2) is 11.5. The van der Waals surface area contributed by atoms with E-state index in [4.69, 9.17) is 16.3 Å². The molecule has 1 aromatic heterocycles. The highest BCUT2D eigenvalue weighted by Gasteiger charge is 2.28. The van der Waals surface area contributed by atoms with Gasteiger partial charge in [0.1, 0.15) is 6.54 Å². The number of carbonyl (C=O) groups excluding carboxylic acids is 2. The van der Waals surface area contributed by atoms with Crippen LogP contribution < -0.4 is 0 Å². The normalized spacial score (nSPS) is 15.4. The maximum atomic E-state index is 13.5. The van der Waals surface area contributed by atoms with Gasteiger partial charge in [-0.25, -0.2) is 0 Å². The number of carbonyl (C=O) groups is 2. The highest BCUT2D eigenvalue weighted by molar-refractivity contribution is 7.09. The minimum atomic E-state index is -0.250. The maximum Gasteiger partial charge on any atom is 0.255 e. The third-order valence-corrected chi connectivity index (χ3v) is 6.85. The molecule has 3 aromatic rings. The summed E-state index contributed by atoms with van der Waals surface area (Å²) in [5.74, 6) is -0.356. The third-order valence-electron chi connectivity index (χ3n) is 5.66. The summed E-state index contributed by atoms with van der Waals surface area (Å²) in [7, 11) is 0. The van der Waals surface area contributed by atoms with Gasteiger partial charge in [0.2, 0.25) is 5.91 Å². The molecule has 2 heterocycles. The van der Waals surface area contributed by atoms with Crippen LogP contribution in [0.3, 0.4) is 0 Å². The molecular weight excluding hydrogens is 456 g/mol. The van der Waals surface area contributed by atoms with E-state index in [-0.39, 0.29) is 24.5 Å². The number of nitrogens with zero attached hydrogens (tertiary/aromatic N) is 2. The molecule has 0 aliphatic carbocycles. The van der Waals surface area contributed by atoms with Gasteiger partial charge in [0.25, 0.3) is 5.91 Å². The van der Waals surface area contributed by atoms with E-state index < -0.39 is 0 Å². The fraction of sp³-hybridized carbons (Fsp3) is 0.308. The van der Waals surface area contributed by atoms with Crippen molar-refractivity contribution in [2.24, 2.45) is 0 Å². The molecule has 1 aliphatic rings. The van der Waals surface area contributed by atoms with Crippen LogP contribution in [0.5, 0.6) is 0 Å². The van der Waals surface area contributed by atoms with Crippen molar-refractivity contribution in [2.45, 2.75) is 32.0 Å². The second-order valence-corrected chi connectivity index (χ2v) is 9.55. The summed E-state index contributed by atoms with van der Waals surface area (Å²) in [6, 6.07) is 20.9. The first-order chi connectivity index (χ1) is 16.1. The Morgan fingerprint density at radius 3 is 2.45 bits per heavy atom. The summed E-state index contributed by atoms with van der Waals surface area (Å²) in [5, 5.41) is 2.39. The van der Waals surface area contributed by atoms with Gasteiger partial charge in [0.05, 0.1) is 23.2 Å². The number of benzene rings is 2. The van der Waals surface area contributed by atoms with Crippen LogP contribution in [0, 0.1) is 0 Å². The zero-order valence-electron chi connectivity index (χ0n) is 18.4. The summed E-state index contributed by atoms with van der Waals surface area (Å²) in [6.07, 6.45) is 1.78. The topological polar surface area (TPSA) is 49.9 Å². The number of halogens is 1. The molecule has 33 heavy (non-hydrogen) atoms. The van der Waals surface area contributed by atoms with E-state index in [0.717, 1.165) is 23.3 Å². The van der Waals surface area contributed by atoms with Crippen LogP contribution in [0.25, 0.3) is 0 Å². The van der Waals surface area contributed by atoms with E-state index in [0.29, 0.717) is 36.8 Å². The van der Waals surface area contributed by atoms with Crippen molar-refractivity contribution in [1.82, 2.24) is 9.80 Å². The Morgan fingerprint density at radius 2 is 1.76 bits per heavy atom. The quantitative estimate of drug-likeness (QED) is 0.418. The zero-order chi connectivity index (χ0) is 23.0. The highest BCUT2D eigenvalue weighted by Crippen LogP contribution is 2.21. The third kappa shape index (κ3) is 6.44. The van der Waals surface area contributed by atoms with E-state index >= 15 is 0 Å². The lowest BCUT2D eigenvalue weighted by Crippen LogP contribution is -2.45. The predicted octanol–water partition coefficient (Wildman–Crippen LogP) is 5.25. The van der Waals surface area contributed by atoms with Gasteiger partial charge in [0.15, 0.2) is 0 Å². The van der Waals surface area contributed by atoms with Gasteiger partial charge in [-0.15, -0.1) is 11.3 Å². The Morgan fingerprint density at radius 1 is 0.970 bits per heavy atom. The minimum Gasteiger partial charge on any atom is -0.376 e. The van der Waals surface area contributed by atoms with Gasteiger partial charge >= 0.3 is 0 Å². The average Bonchev–Trinajstić information content (AvgIpc) is 3.53. The second-order valence-electron chi connectivity index (χ2n) is 8.12. The number of thiophene rings is 1. The Bertz CT molecular complexity index is 1050. The molecule has 1 fully saturated rings. The van der Waals surface area contributed by atoms with Crippen molar-refractivity contribution in [3.63, 3.8) is 0 Å². The smallest absolute Gasteiger partial charge is 0.255 e. The molecule has 2 amide bonds. The van der Waals surface area contributed by atoms with Crippen molar-refractivity contribution >= 4 is 34.8 Å². The Balaban J connectivity index is 1.55. The number of ether oxygens (including phenoxy) is 1. The summed E-state index contributed by atoms with van der Waals surface area (Å²) in [6.45, 7) is 2.01. The molecule has 7 heteroatoms. The number of hydrogen-bond donors (Lipinski definition) is 0. The Labute approximate surface area is 203 Å². The van der Waals surface area contributed by atoms with Gasteiger partial charge in [-0.05, 0) is 42.0 Å². The standard InChI is InChI=1S/C26H27ClN2O3S/c27-24-13-5-4-12-23(24)26(31)29(17-21-10-6-14-32-21)19-25(30)28(18-22-11-7-15-33-22)16-20-8-2-1-3-9-20/h1-5,7-9,11-13,15,21H,6,10,14,16-19H2. The van der Waals surface area contributed by atoms with Gasteiger partial charge in [-0.3, -0.25) is 9.59 Å². The van der Waals surface area contributed by atoms with Crippen molar-refractivity contribution in [3.05, 3.63) is 93.1 Å². The SMILES string of the molecule is O=C(CN(CC1CCCO1)C(=O)c1ccccc1Cl)N(Cc1ccccc1)Cc1cccs1. The Kier molecular flexibility index (Phi) is 8.15. The summed E-state index contributed by atoms with van der Waals surface area (Å²) < 4.78 is 5.77. The molecule has 1 unspecified atom stereocenters. The first-order valence-corrected chi connectivity index (χ1v) is 12.4. The lowest BCUT2D eigenvalue weighted by Gasteiger charge is -2.29. The predicted molar refractivity (Wildman–Crippen MR) is 131 cm³/mol. The van der Waals surface area contributed by atoms with Crippen molar-refractivity contribution in [3.8, 4) is 0 Å². The maximum absolute atomic E-state index is 13.5. The van der Waals surface area contributed by atoms with Crippen molar-refractivity contribution in [2.75, 3.05) is 19.7 Å². The fourth-order valence-electron chi connectivity index (χ4n) is 3.95. The Hall–Kier alpha value is -2.67. The molecule has 172 valence electrons. The lowest BCUT2D eigenvalue weighted by atomic mass is 10.1. The van der Waals surface area contributed by atoms with E-state index in [1.165, 1.54) is 0 Å². The zero-order valence-corrected chi connectivity index (χ0v) is 19.9. The number of hydrogen-bond acceptors (Lipinski definition) is 4. The first kappa shape index (κ1) is 23.5. The van der Waals surface area contributed by atoms with Gasteiger partial charge < -0.3 is 14.5 Å². The van der Waals surface area contributed by atoms with Crippen molar-refractivity contribution in [1.29, 1.82) is 0 Å². The number of amides is 2. The minimum absolute atomic E-state index is 0.0257. The molecular formula is C26H27ClN2O3S. The molecule has 0 saturated carbocycles. The fourth-order valence-corrected chi connectivity index (χ4v) is 4.88. The molecule has 1 aliphatic heterocycles. The van der Waals surface area contributed by atoms with E-state index in [2.05, 4.69) is 0 Å². The van der Waals surface area contributed by atoms with E-state index in [1.807, 2.05) is 52.7 Å². The first-order valence-electron chi connectivity index (χ1n) is 11.1. The van der Waals surface area contributed by atoms with Crippen molar-refractivity contribution < 1.29 is 14.3 Å². The molecule has 0 bridgehead atoms. The van der Waals surface area contributed by atoms with Crippen LogP contribution in [-0.4, -0.2) is 47.4 Å². The molecule has 2 aromatic carbocycles. The average molecular weight is 483 g/mol. The molecule has 5 nitrogen and oxygen atoms in total. The number of rotatable bonds is 9. The van der Waals surface area contributed by atoms with Crippen LogP contribution in [0.15, 0.2) is 72.1 Å². The summed E-state index contributed by atoms with van der Waals surface area (Å²) in [4.78, 5) is 31.4. The van der Waals surface area contributed by atoms with Crippen LogP contribution in [0.4, 0.5) is 0 Å². The summed E-state index contributed by atoms with van der Waals surface area (Å²) >= 11 is 7.93.